The fourth-order valence-electron chi connectivity index (χ4n) is 2.52. The first-order valence-electron chi connectivity index (χ1n) is 7.03. The lowest BCUT2D eigenvalue weighted by Gasteiger charge is -2.31. The smallest absolute Gasteiger partial charge is 0.176 e. The molecule has 3 heteroatoms. The second-order valence-corrected chi connectivity index (χ2v) is 5.11. The van der Waals surface area contributed by atoms with Crippen molar-refractivity contribution in [1.82, 2.24) is 5.32 Å². The SMILES string of the molecule is OC1Cc2ccccc2OC1NCCc1ccccc1. The van der Waals surface area contributed by atoms with Gasteiger partial charge < -0.3 is 9.84 Å². The molecule has 2 atom stereocenters. The van der Waals surface area contributed by atoms with Crippen molar-refractivity contribution in [3.8, 4) is 5.75 Å². The van der Waals surface area contributed by atoms with Gasteiger partial charge in [0.05, 0.1) is 0 Å². The van der Waals surface area contributed by atoms with Gasteiger partial charge in [0.15, 0.2) is 6.23 Å². The minimum atomic E-state index is -0.499. The molecule has 1 aliphatic heterocycles. The molecular formula is C17H19NO2. The van der Waals surface area contributed by atoms with Crippen molar-refractivity contribution in [3.63, 3.8) is 0 Å². The molecule has 0 saturated carbocycles. The number of hydrogen-bond acceptors (Lipinski definition) is 3. The van der Waals surface area contributed by atoms with Crippen LogP contribution >= 0.6 is 0 Å². The molecule has 0 spiro atoms. The summed E-state index contributed by atoms with van der Waals surface area (Å²) in [7, 11) is 0. The topological polar surface area (TPSA) is 41.5 Å². The minimum absolute atomic E-state index is 0.325. The Labute approximate surface area is 119 Å². The van der Waals surface area contributed by atoms with Crippen LogP contribution in [0.2, 0.25) is 0 Å². The molecule has 2 unspecified atom stereocenters. The molecule has 104 valence electrons. The van der Waals surface area contributed by atoms with Crippen LogP contribution in [0.15, 0.2) is 54.6 Å². The van der Waals surface area contributed by atoms with Crippen LogP contribution in [0.25, 0.3) is 0 Å². The van der Waals surface area contributed by atoms with Crippen molar-refractivity contribution >= 4 is 0 Å². The number of aliphatic hydroxyl groups excluding tert-OH is 1. The second-order valence-electron chi connectivity index (χ2n) is 5.11. The van der Waals surface area contributed by atoms with Crippen LogP contribution in [-0.2, 0) is 12.8 Å². The molecule has 2 N–H and O–H groups in total. The number of ether oxygens (including phenoxy) is 1. The van der Waals surface area contributed by atoms with Crippen LogP contribution in [0.1, 0.15) is 11.1 Å². The molecule has 0 radical (unpaired) electrons. The highest BCUT2D eigenvalue weighted by molar-refractivity contribution is 5.35. The summed E-state index contributed by atoms with van der Waals surface area (Å²) >= 11 is 0. The number of rotatable bonds is 4. The molecule has 2 aromatic carbocycles. The molecule has 2 aromatic rings. The third-order valence-corrected chi connectivity index (χ3v) is 3.61. The van der Waals surface area contributed by atoms with E-state index in [9.17, 15) is 5.11 Å². The monoisotopic (exact) mass is 269 g/mol. The Hall–Kier alpha value is -1.84. The van der Waals surface area contributed by atoms with Crippen LogP contribution in [0.3, 0.4) is 0 Å². The van der Waals surface area contributed by atoms with Gasteiger partial charge >= 0.3 is 0 Å². The van der Waals surface area contributed by atoms with Gasteiger partial charge in [0.1, 0.15) is 11.9 Å². The predicted octanol–water partition coefficient (Wildman–Crippen LogP) is 2.14. The standard InChI is InChI=1S/C17H19NO2/c19-15-12-14-8-4-5-9-16(14)20-17(15)18-11-10-13-6-2-1-3-7-13/h1-9,15,17-19H,10-12H2. The number of fused-ring (bicyclic) bond motifs is 1. The molecule has 20 heavy (non-hydrogen) atoms. The van der Waals surface area contributed by atoms with Crippen LogP contribution in [0.4, 0.5) is 0 Å². The summed E-state index contributed by atoms with van der Waals surface area (Å²) < 4.78 is 5.82. The van der Waals surface area contributed by atoms with E-state index in [0.717, 1.165) is 24.3 Å². The summed E-state index contributed by atoms with van der Waals surface area (Å²) in [6.07, 6.45) is 0.739. The van der Waals surface area contributed by atoms with Crippen molar-refractivity contribution < 1.29 is 9.84 Å². The zero-order valence-corrected chi connectivity index (χ0v) is 11.3. The van der Waals surface area contributed by atoms with E-state index >= 15 is 0 Å². The third-order valence-electron chi connectivity index (χ3n) is 3.61. The summed E-state index contributed by atoms with van der Waals surface area (Å²) in [4.78, 5) is 0. The molecule has 0 aromatic heterocycles. The van der Waals surface area contributed by atoms with Gasteiger partial charge in [0.25, 0.3) is 0 Å². The van der Waals surface area contributed by atoms with Crippen LogP contribution in [0.5, 0.6) is 5.75 Å². The zero-order chi connectivity index (χ0) is 13.8. The Kier molecular flexibility index (Phi) is 4.00. The van der Waals surface area contributed by atoms with Crippen molar-refractivity contribution in [1.29, 1.82) is 0 Å². The van der Waals surface area contributed by atoms with Gasteiger partial charge in [-0.15, -0.1) is 0 Å². The lowest BCUT2D eigenvalue weighted by Crippen LogP contribution is -2.48. The van der Waals surface area contributed by atoms with Crippen molar-refractivity contribution in [2.45, 2.75) is 25.2 Å². The average Bonchev–Trinajstić information content (AvgIpc) is 2.49. The van der Waals surface area contributed by atoms with E-state index in [1.165, 1.54) is 5.56 Å². The Morgan fingerprint density at radius 2 is 1.80 bits per heavy atom. The maximum Gasteiger partial charge on any atom is 0.176 e. The molecule has 0 saturated heterocycles. The summed E-state index contributed by atoms with van der Waals surface area (Å²) in [5.41, 5.74) is 2.35. The van der Waals surface area contributed by atoms with Crippen LogP contribution < -0.4 is 10.1 Å². The first-order valence-corrected chi connectivity index (χ1v) is 7.03. The first kappa shape index (κ1) is 13.2. The van der Waals surface area contributed by atoms with Gasteiger partial charge in [0, 0.05) is 13.0 Å². The van der Waals surface area contributed by atoms with Crippen LogP contribution in [-0.4, -0.2) is 24.0 Å². The minimum Gasteiger partial charge on any atom is -0.472 e. The van der Waals surface area contributed by atoms with Gasteiger partial charge in [-0.2, -0.15) is 0 Å². The second kappa shape index (κ2) is 6.07. The normalized spacial score (nSPS) is 21.1. The van der Waals surface area contributed by atoms with Gasteiger partial charge in [-0.1, -0.05) is 48.5 Å². The molecule has 0 amide bonds. The highest BCUT2D eigenvalue weighted by Gasteiger charge is 2.27. The van der Waals surface area contributed by atoms with E-state index in [4.69, 9.17) is 4.74 Å². The molecule has 1 heterocycles. The number of benzene rings is 2. The molecule has 0 fully saturated rings. The van der Waals surface area contributed by atoms with E-state index in [-0.39, 0.29) is 6.23 Å². The van der Waals surface area contributed by atoms with Gasteiger partial charge in [-0.25, -0.2) is 0 Å². The van der Waals surface area contributed by atoms with Gasteiger partial charge in [-0.3, -0.25) is 5.32 Å². The number of para-hydroxylation sites is 1. The molecule has 0 bridgehead atoms. The van der Waals surface area contributed by atoms with Crippen molar-refractivity contribution in [2.75, 3.05) is 6.54 Å². The largest absolute Gasteiger partial charge is 0.472 e. The fourth-order valence-corrected chi connectivity index (χ4v) is 2.52. The van der Waals surface area contributed by atoms with Crippen molar-refractivity contribution in [2.24, 2.45) is 0 Å². The van der Waals surface area contributed by atoms with Gasteiger partial charge in [0.2, 0.25) is 0 Å². The quantitative estimate of drug-likeness (QED) is 0.893. The summed E-state index contributed by atoms with van der Waals surface area (Å²) in [6, 6.07) is 18.2. The molecular weight excluding hydrogens is 250 g/mol. The summed E-state index contributed by atoms with van der Waals surface area (Å²) in [5, 5.41) is 13.4. The average molecular weight is 269 g/mol. The first-order chi connectivity index (χ1) is 9.83. The number of aliphatic hydroxyl groups is 1. The molecule has 3 rings (SSSR count). The summed E-state index contributed by atoms with van der Waals surface area (Å²) in [6.45, 7) is 0.786. The lowest BCUT2D eigenvalue weighted by molar-refractivity contribution is 0.00241. The molecule has 1 aliphatic rings. The summed E-state index contributed by atoms with van der Waals surface area (Å²) in [5.74, 6) is 0.870. The molecule has 3 nitrogen and oxygen atoms in total. The third kappa shape index (κ3) is 3.00. The van der Waals surface area contributed by atoms with Crippen molar-refractivity contribution in [3.05, 3.63) is 65.7 Å². The van der Waals surface area contributed by atoms with E-state index in [1.807, 2.05) is 42.5 Å². The Balaban J connectivity index is 1.56. The molecule has 0 aliphatic carbocycles. The number of hydrogen-bond donors (Lipinski definition) is 2. The van der Waals surface area contributed by atoms with E-state index in [2.05, 4.69) is 17.4 Å². The van der Waals surface area contributed by atoms with E-state index in [0.29, 0.717) is 6.42 Å². The van der Waals surface area contributed by atoms with E-state index in [1.54, 1.807) is 0 Å². The predicted molar refractivity (Wildman–Crippen MR) is 78.7 cm³/mol. The van der Waals surface area contributed by atoms with Gasteiger partial charge in [-0.05, 0) is 23.6 Å². The van der Waals surface area contributed by atoms with Crippen LogP contribution in [0, 0.1) is 0 Å². The zero-order valence-electron chi connectivity index (χ0n) is 11.3. The highest BCUT2D eigenvalue weighted by atomic mass is 16.5. The number of nitrogens with one attached hydrogen (secondary N) is 1. The lowest BCUT2D eigenvalue weighted by atomic mass is 10.0. The maximum atomic E-state index is 10.1. The Bertz CT molecular complexity index is 556. The van der Waals surface area contributed by atoms with E-state index < -0.39 is 6.10 Å². The fraction of sp³-hybridized carbons (Fsp3) is 0.294. The Morgan fingerprint density at radius 3 is 2.65 bits per heavy atom. The maximum absolute atomic E-state index is 10.1. The Morgan fingerprint density at radius 1 is 1.05 bits per heavy atom. The highest BCUT2D eigenvalue weighted by Crippen LogP contribution is 2.26.